The SMILES string of the molecule is Nc1ccccc1C(=C(Br)Br)C(F)(F)F.O=[N+]([O-])c1ccccc1C(=C(Br)Br)C(F)(F)F. The first-order valence-corrected chi connectivity index (χ1v) is 11.1. The number of hydrogen-bond donors (Lipinski definition) is 1. The number of nitrogen functional groups attached to an aromatic ring is 1. The third kappa shape index (κ3) is 7.89. The van der Waals surface area contributed by atoms with Crippen LogP contribution in [0.15, 0.2) is 55.3 Å². The average Bonchev–Trinajstić information content (AvgIpc) is 2.61. The van der Waals surface area contributed by atoms with Gasteiger partial charge in [0.15, 0.2) is 0 Å². The van der Waals surface area contributed by atoms with Crippen LogP contribution in [0.2, 0.25) is 0 Å². The second-order valence-corrected chi connectivity index (χ2v) is 10.9. The molecule has 0 radical (unpaired) electrons. The van der Waals surface area contributed by atoms with Gasteiger partial charge in [-0.05, 0) is 75.9 Å². The van der Waals surface area contributed by atoms with E-state index in [-0.39, 0.29) is 18.0 Å². The van der Waals surface area contributed by atoms with Gasteiger partial charge in [-0.3, -0.25) is 10.1 Å². The maximum Gasteiger partial charge on any atom is 0.418 e. The molecule has 0 aliphatic rings. The molecule has 0 bridgehead atoms. The predicted octanol–water partition coefficient (Wildman–Crippen LogP) is 8.90. The van der Waals surface area contributed by atoms with Crippen molar-refractivity contribution in [3.63, 3.8) is 0 Å². The number of allylic oxidation sites excluding steroid dienone is 2. The molecule has 0 aliphatic heterocycles. The number of anilines is 1. The molecule has 0 aliphatic carbocycles. The molecule has 174 valence electrons. The largest absolute Gasteiger partial charge is 0.418 e. The lowest BCUT2D eigenvalue weighted by Crippen LogP contribution is -2.12. The van der Waals surface area contributed by atoms with Gasteiger partial charge >= 0.3 is 12.4 Å². The Bertz CT molecular complexity index is 1040. The molecule has 2 rings (SSSR count). The van der Waals surface area contributed by atoms with E-state index in [4.69, 9.17) is 5.73 Å². The van der Waals surface area contributed by atoms with Gasteiger partial charge in [0.05, 0.1) is 28.4 Å². The molecule has 0 amide bonds. The molecule has 2 aromatic rings. The van der Waals surface area contributed by atoms with Crippen molar-refractivity contribution in [2.24, 2.45) is 0 Å². The zero-order valence-corrected chi connectivity index (χ0v) is 21.6. The van der Waals surface area contributed by atoms with Crippen LogP contribution in [0.3, 0.4) is 0 Å². The highest BCUT2D eigenvalue weighted by Crippen LogP contribution is 2.44. The molecule has 0 heterocycles. The van der Waals surface area contributed by atoms with E-state index in [1.165, 1.54) is 30.3 Å². The number of para-hydroxylation sites is 2. The van der Waals surface area contributed by atoms with E-state index in [2.05, 4.69) is 63.7 Å². The van der Waals surface area contributed by atoms with E-state index in [1.54, 1.807) is 6.07 Å². The first-order valence-electron chi connectivity index (χ1n) is 7.92. The predicted molar refractivity (Wildman–Crippen MR) is 126 cm³/mol. The highest BCUT2D eigenvalue weighted by Gasteiger charge is 2.40. The Morgan fingerprint density at radius 3 is 1.50 bits per heavy atom. The van der Waals surface area contributed by atoms with Crippen LogP contribution in [-0.2, 0) is 0 Å². The lowest BCUT2D eigenvalue weighted by atomic mass is 10.1. The van der Waals surface area contributed by atoms with Crippen LogP contribution in [0.1, 0.15) is 11.1 Å². The van der Waals surface area contributed by atoms with Gasteiger partial charge in [0.2, 0.25) is 0 Å². The molecule has 0 atom stereocenters. The second-order valence-electron chi connectivity index (χ2n) is 5.63. The van der Waals surface area contributed by atoms with E-state index in [0.29, 0.717) is 0 Å². The molecular formula is C18H10Br4F6N2O2. The van der Waals surface area contributed by atoms with Gasteiger partial charge in [-0.1, -0.05) is 30.3 Å². The Hall–Kier alpha value is -1.38. The summed E-state index contributed by atoms with van der Waals surface area (Å²) in [6.45, 7) is 0. The summed E-state index contributed by atoms with van der Waals surface area (Å²) in [5.41, 5.74) is 2.49. The quantitative estimate of drug-likeness (QED) is 0.149. The van der Waals surface area contributed by atoms with Crippen LogP contribution < -0.4 is 5.73 Å². The molecular weight excluding hydrogens is 710 g/mol. The maximum atomic E-state index is 12.8. The average molecular weight is 720 g/mol. The van der Waals surface area contributed by atoms with Gasteiger partial charge in [0, 0.05) is 17.3 Å². The number of rotatable bonds is 3. The summed E-state index contributed by atoms with van der Waals surface area (Å²) >= 11 is 10.8. The maximum absolute atomic E-state index is 12.8. The number of alkyl halides is 6. The fourth-order valence-corrected chi connectivity index (χ4v) is 4.05. The number of benzene rings is 2. The monoisotopic (exact) mass is 716 g/mol. The Labute approximate surface area is 211 Å². The van der Waals surface area contributed by atoms with Crippen LogP contribution in [-0.4, -0.2) is 17.3 Å². The molecule has 0 saturated carbocycles. The highest BCUT2D eigenvalue weighted by molar-refractivity contribution is 9.28. The Balaban J connectivity index is 0.000000323. The number of hydrogen-bond acceptors (Lipinski definition) is 3. The topological polar surface area (TPSA) is 69.2 Å². The fourth-order valence-electron chi connectivity index (χ4n) is 2.29. The molecule has 32 heavy (non-hydrogen) atoms. The summed E-state index contributed by atoms with van der Waals surface area (Å²) in [5.74, 6) is 0. The summed E-state index contributed by atoms with van der Waals surface area (Å²) in [4.78, 5) is 9.80. The Kier molecular flexibility index (Phi) is 10.4. The normalized spacial score (nSPS) is 11.2. The molecule has 0 aromatic heterocycles. The number of nitrogens with two attached hydrogens (primary N) is 1. The van der Waals surface area contributed by atoms with Crippen LogP contribution in [0, 0.1) is 10.1 Å². The Morgan fingerprint density at radius 2 is 1.12 bits per heavy atom. The van der Waals surface area contributed by atoms with E-state index >= 15 is 0 Å². The summed E-state index contributed by atoms with van der Waals surface area (Å²) in [5, 5.41) is 10.7. The number of nitro benzene ring substituents is 1. The summed E-state index contributed by atoms with van der Waals surface area (Å²) in [6, 6.07) is 10.5. The van der Waals surface area contributed by atoms with Crippen molar-refractivity contribution < 1.29 is 31.3 Å². The standard InChI is InChI=1S/C9H4Br2F3NO2.C9H6Br2F3N/c10-8(11)7(9(12,13)14)5-3-1-2-4-6(5)15(16)17;10-8(11)7(9(12,13)14)5-3-1-2-4-6(5)15/h1-4H;1-4H,15H2. The van der Waals surface area contributed by atoms with Gasteiger partial charge in [0.1, 0.15) is 0 Å². The Morgan fingerprint density at radius 1 is 0.750 bits per heavy atom. The molecule has 2 N–H and O–H groups in total. The van der Waals surface area contributed by atoms with Gasteiger partial charge in [-0.2, -0.15) is 26.3 Å². The minimum Gasteiger partial charge on any atom is -0.398 e. The molecule has 14 heteroatoms. The lowest BCUT2D eigenvalue weighted by Gasteiger charge is -2.14. The van der Waals surface area contributed by atoms with E-state index < -0.39 is 39.7 Å². The van der Waals surface area contributed by atoms with Crippen molar-refractivity contribution in [3.8, 4) is 0 Å². The van der Waals surface area contributed by atoms with Crippen molar-refractivity contribution in [2.45, 2.75) is 12.4 Å². The van der Waals surface area contributed by atoms with Crippen LogP contribution >= 0.6 is 63.7 Å². The van der Waals surface area contributed by atoms with Crippen molar-refractivity contribution in [1.82, 2.24) is 0 Å². The number of nitro groups is 1. The van der Waals surface area contributed by atoms with E-state index in [9.17, 15) is 36.5 Å². The van der Waals surface area contributed by atoms with Gasteiger partial charge in [-0.15, -0.1) is 0 Å². The number of halogens is 10. The van der Waals surface area contributed by atoms with Crippen LogP contribution in [0.5, 0.6) is 0 Å². The van der Waals surface area contributed by atoms with Crippen molar-refractivity contribution in [3.05, 3.63) is 76.6 Å². The molecule has 2 aromatic carbocycles. The minimum absolute atomic E-state index is 0.0475. The fraction of sp³-hybridized carbons (Fsp3) is 0.111. The second kappa shape index (κ2) is 11.7. The third-order valence-corrected chi connectivity index (χ3v) is 5.13. The smallest absolute Gasteiger partial charge is 0.398 e. The first kappa shape index (κ1) is 28.7. The van der Waals surface area contributed by atoms with Gasteiger partial charge in [-0.25, -0.2) is 0 Å². The zero-order chi connectivity index (χ0) is 24.9. The van der Waals surface area contributed by atoms with Crippen LogP contribution in [0.4, 0.5) is 37.7 Å². The summed E-state index contributed by atoms with van der Waals surface area (Å²) in [6.07, 6.45) is -9.16. The third-order valence-electron chi connectivity index (χ3n) is 3.55. The van der Waals surface area contributed by atoms with Crippen molar-refractivity contribution in [2.75, 3.05) is 5.73 Å². The zero-order valence-electron chi connectivity index (χ0n) is 15.2. The highest BCUT2D eigenvalue weighted by atomic mass is 79.9. The van der Waals surface area contributed by atoms with E-state index in [1.807, 2.05) is 0 Å². The lowest BCUT2D eigenvalue weighted by molar-refractivity contribution is -0.385. The first-order chi connectivity index (χ1) is 14.6. The summed E-state index contributed by atoms with van der Waals surface area (Å²) < 4.78 is 75.7. The van der Waals surface area contributed by atoms with Gasteiger partial charge in [0.25, 0.3) is 5.69 Å². The van der Waals surface area contributed by atoms with E-state index in [0.717, 1.165) is 12.1 Å². The molecule has 0 unspecified atom stereocenters. The van der Waals surface area contributed by atoms with Gasteiger partial charge < -0.3 is 5.73 Å². The molecule has 0 fully saturated rings. The van der Waals surface area contributed by atoms with Crippen molar-refractivity contribution >= 4 is 86.2 Å². The minimum atomic E-state index is -4.70. The molecule has 0 spiro atoms. The molecule has 4 nitrogen and oxygen atoms in total. The van der Waals surface area contributed by atoms with Crippen LogP contribution in [0.25, 0.3) is 11.1 Å². The molecule has 0 saturated heterocycles. The summed E-state index contributed by atoms with van der Waals surface area (Å²) in [7, 11) is 0. The number of nitrogens with zero attached hydrogens (tertiary/aromatic N) is 1. The van der Waals surface area contributed by atoms with Crippen molar-refractivity contribution in [1.29, 1.82) is 0 Å².